The molecule has 4 fully saturated rings. The summed E-state index contributed by atoms with van der Waals surface area (Å²) in [6, 6.07) is 0. The lowest BCUT2D eigenvalue weighted by Crippen LogP contribution is -2.68. The molecule has 2 bridgehead atoms. The first kappa shape index (κ1) is 28.0. The van der Waals surface area contributed by atoms with Crippen molar-refractivity contribution in [2.45, 2.75) is 101 Å². The smallest absolute Gasteiger partial charge is 0.338 e. The van der Waals surface area contributed by atoms with Crippen molar-refractivity contribution >= 4 is 11.9 Å². The van der Waals surface area contributed by atoms with Gasteiger partial charge in [0.2, 0.25) is 0 Å². The molecule has 0 amide bonds. The van der Waals surface area contributed by atoms with Crippen LogP contribution in [-0.2, 0) is 38.0 Å². The highest BCUT2D eigenvalue weighted by molar-refractivity contribution is 5.82. The average molecular weight is 563 g/mol. The van der Waals surface area contributed by atoms with Crippen molar-refractivity contribution < 1.29 is 53.3 Å². The highest BCUT2D eigenvalue weighted by Gasteiger charge is 2.83. The molecule has 0 aromatic rings. The first-order valence-corrected chi connectivity index (χ1v) is 13.9. The van der Waals surface area contributed by atoms with Gasteiger partial charge in [-0.15, -0.1) is 0 Å². The Hall–Kier alpha value is -2.12. The molecule has 11 nitrogen and oxygen atoms in total. The maximum Gasteiger partial charge on any atom is 0.338 e. The third kappa shape index (κ3) is 3.97. The fraction of sp³-hybridized carbons (Fsp3) is 0.724. The molecule has 3 N–H and O–H groups in total. The number of allylic oxidation sites excluding steroid dienone is 2. The van der Waals surface area contributed by atoms with Crippen LogP contribution in [0.4, 0.5) is 0 Å². The van der Waals surface area contributed by atoms with Crippen molar-refractivity contribution in [1.29, 1.82) is 0 Å². The van der Waals surface area contributed by atoms with Gasteiger partial charge < -0.3 is 43.7 Å². The van der Waals surface area contributed by atoms with Crippen LogP contribution in [0.3, 0.4) is 0 Å². The molecule has 12 atom stereocenters. The van der Waals surface area contributed by atoms with E-state index in [-0.39, 0.29) is 25.7 Å². The summed E-state index contributed by atoms with van der Waals surface area (Å²) in [7, 11) is 0. The molecule has 2 spiro atoms. The van der Waals surface area contributed by atoms with E-state index in [1.54, 1.807) is 26.0 Å². The predicted molar refractivity (Wildman–Crippen MR) is 137 cm³/mol. The normalized spacial score (nSPS) is 52.6. The Morgan fingerprint density at radius 1 is 1.10 bits per heavy atom. The van der Waals surface area contributed by atoms with E-state index in [1.165, 1.54) is 12.2 Å². The minimum Gasteiger partial charge on any atom is -0.463 e. The maximum absolute atomic E-state index is 13.3. The number of ether oxygens (including phenoxy) is 6. The third-order valence-electron chi connectivity index (χ3n) is 10.3. The monoisotopic (exact) mass is 562 g/mol. The molecule has 0 aromatic heterocycles. The third-order valence-corrected chi connectivity index (χ3v) is 10.3. The van der Waals surface area contributed by atoms with E-state index in [0.717, 1.165) is 5.57 Å². The van der Waals surface area contributed by atoms with Gasteiger partial charge in [0.15, 0.2) is 6.10 Å². The number of esters is 2. The van der Waals surface area contributed by atoms with Crippen LogP contribution in [0.25, 0.3) is 0 Å². The molecular formula is C29H38O11. The van der Waals surface area contributed by atoms with E-state index in [1.807, 2.05) is 19.9 Å². The number of cyclic esters (lactones) is 1. The molecule has 1 saturated carbocycles. The van der Waals surface area contributed by atoms with Gasteiger partial charge in [-0.05, 0) is 32.8 Å². The van der Waals surface area contributed by atoms with E-state index in [0.29, 0.717) is 13.0 Å². The van der Waals surface area contributed by atoms with Gasteiger partial charge in [0.1, 0.15) is 36.1 Å². The Bertz CT molecular complexity index is 1160. The fourth-order valence-corrected chi connectivity index (χ4v) is 7.38. The first-order chi connectivity index (χ1) is 18.9. The van der Waals surface area contributed by atoms with E-state index in [4.69, 9.17) is 28.4 Å². The molecule has 0 radical (unpaired) electrons. The molecule has 11 heteroatoms. The molecule has 2 aliphatic carbocycles. The Labute approximate surface area is 232 Å². The van der Waals surface area contributed by atoms with Crippen molar-refractivity contribution in [3.8, 4) is 0 Å². The number of hydrogen-bond donors (Lipinski definition) is 3. The zero-order chi connectivity index (χ0) is 28.7. The topological polar surface area (TPSA) is 157 Å². The lowest BCUT2D eigenvalue weighted by Gasteiger charge is -2.58. The number of fused-ring (bicyclic) bond motifs is 1. The Morgan fingerprint density at radius 2 is 1.85 bits per heavy atom. The first-order valence-electron chi connectivity index (χ1n) is 13.9. The highest BCUT2D eigenvalue weighted by Crippen LogP contribution is 2.72. The molecule has 40 heavy (non-hydrogen) atoms. The van der Waals surface area contributed by atoms with E-state index < -0.39 is 76.7 Å². The average Bonchev–Trinajstić information content (AvgIpc) is 3.81. The van der Waals surface area contributed by atoms with Crippen LogP contribution in [0.1, 0.15) is 40.5 Å². The van der Waals surface area contributed by atoms with Crippen LogP contribution < -0.4 is 0 Å². The number of rotatable bonds is 1. The summed E-state index contributed by atoms with van der Waals surface area (Å²) in [4.78, 5) is 26.3. The van der Waals surface area contributed by atoms with Crippen LogP contribution in [-0.4, -0.2) is 107 Å². The molecule has 220 valence electrons. The molecule has 4 heterocycles. The Morgan fingerprint density at radius 3 is 2.55 bits per heavy atom. The second kappa shape index (κ2) is 9.45. The number of aliphatic hydroxyl groups is 3. The van der Waals surface area contributed by atoms with Gasteiger partial charge in [-0.1, -0.05) is 31.2 Å². The number of carbonyl (C=O) groups is 2. The standard InChI is InChI=1S/C29H38O11/c1-15-9-21-28(11-17(15)31)13-36-25(34)24-26(3,40-24)19(32)12-35-18(16(2)30)7-5-6-8-23(33)39-20-10-22(38-21)29(14-37-29)27(20,28)4/h5-9,16-22,24,30-32H,10-14H2,1-4H3/b7-5+,8-6-/t16-,17+,18+,19+,20+,21+,22+,24+,26+,27+,28+,29-/m0/s1. The number of epoxide rings is 2. The van der Waals surface area contributed by atoms with Gasteiger partial charge in [0.25, 0.3) is 0 Å². The Balaban J connectivity index is 1.38. The lowest BCUT2D eigenvalue weighted by atomic mass is 9.51. The van der Waals surface area contributed by atoms with Gasteiger partial charge in [-0.3, -0.25) is 0 Å². The molecule has 6 rings (SSSR count). The summed E-state index contributed by atoms with van der Waals surface area (Å²) in [5.74, 6) is -1.23. The summed E-state index contributed by atoms with van der Waals surface area (Å²) < 4.78 is 35.9. The summed E-state index contributed by atoms with van der Waals surface area (Å²) in [6.45, 7) is 7.03. The molecule has 6 aliphatic rings. The fourth-order valence-electron chi connectivity index (χ4n) is 7.38. The van der Waals surface area contributed by atoms with Gasteiger partial charge in [0, 0.05) is 17.9 Å². The molecule has 0 unspecified atom stereocenters. The van der Waals surface area contributed by atoms with Crippen LogP contribution >= 0.6 is 0 Å². The summed E-state index contributed by atoms with van der Waals surface area (Å²) in [5.41, 5.74) is -3.03. The van der Waals surface area contributed by atoms with Gasteiger partial charge in [0.05, 0.1) is 43.0 Å². The maximum atomic E-state index is 13.3. The molecule has 3 saturated heterocycles. The largest absolute Gasteiger partial charge is 0.463 e. The highest BCUT2D eigenvalue weighted by atomic mass is 16.7. The van der Waals surface area contributed by atoms with Gasteiger partial charge in [-0.25, -0.2) is 9.59 Å². The van der Waals surface area contributed by atoms with Crippen LogP contribution in [0.2, 0.25) is 0 Å². The molecule has 0 aromatic carbocycles. The Kier molecular flexibility index (Phi) is 6.62. The number of aliphatic hydroxyl groups excluding tert-OH is 3. The second-order valence-electron chi connectivity index (χ2n) is 12.5. The van der Waals surface area contributed by atoms with Crippen molar-refractivity contribution in [2.24, 2.45) is 10.8 Å². The summed E-state index contributed by atoms with van der Waals surface area (Å²) >= 11 is 0. The van der Waals surface area contributed by atoms with Crippen LogP contribution in [0.5, 0.6) is 0 Å². The van der Waals surface area contributed by atoms with E-state index in [2.05, 4.69) is 0 Å². The van der Waals surface area contributed by atoms with Crippen LogP contribution in [0.15, 0.2) is 36.0 Å². The minimum atomic E-state index is -1.22. The van der Waals surface area contributed by atoms with Crippen molar-refractivity contribution in [2.75, 3.05) is 19.8 Å². The van der Waals surface area contributed by atoms with Crippen molar-refractivity contribution in [3.05, 3.63) is 36.0 Å². The van der Waals surface area contributed by atoms with Crippen molar-refractivity contribution in [1.82, 2.24) is 0 Å². The predicted octanol–water partition coefficient (Wildman–Crippen LogP) is 0.496. The zero-order valence-electron chi connectivity index (χ0n) is 23.1. The SMILES string of the molecule is CC1=C[C@H]2O[C@@H]3C[C@H]4OC(=O)/C=C\C=C\[C@H]([C@H](C)O)OC[C@@H](O)[C@@]5(C)O[C@@H]5C(=O)OC[C@@]2(C[C@H]1O)[C@]4(C)[C@]31CO1. The molecular weight excluding hydrogens is 524 g/mol. The summed E-state index contributed by atoms with van der Waals surface area (Å²) in [5, 5.41) is 31.9. The lowest BCUT2D eigenvalue weighted by molar-refractivity contribution is -0.239. The quantitative estimate of drug-likeness (QED) is 0.232. The zero-order valence-corrected chi connectivity index (χ0v) is 23.1. The van der Waals surface area contributed by atoms with Gasteiger partial charge >= 0.3 is 11.9 Å². The minimum absolute atomic E-state index is 0.134. The second-order valence-corrected chi connectivity index (χ2v) is 12.5. The number of carbonyl (C=O) groups excluding carboxylic acids is 2. The van der Waals surface area contributed by atoms with Crippen molar-refractivity contribution in [3.63, 3.8) is 0 Å². The van der Waals surface area contributed by atoms with Crippen LogP contribution in [0, 0.1) is 10.8 Å². The summed E-state index contributed by atoms with van der Waals surface area (Å²) in [6.07, 6.45) is 2.24. The van der Waals surface area contributed by atoms with E-state index in [9.17, 15) is 24.9 Å². The number of hydrogen-bond acceptors (Lipinski definition) is 11. The van der Waals surface area contributed by atoms with Gasteiger partial charge in [-0.2, -0.15) is 0 Å². The molecule has 4 aliphatic heterocycles. The van der Waals surface area contributed by atoms with E-state index >= 15 is 0 Å².